The van der Waals surface area contributed by atoms with Gasteiger partial charge in [0.05, 0.1) is 6.04 Å². The second-order valence-corrected chi connectivity index (χ2v) is 4.09. The molecule has 0 spiro atoms. The van der Waals surface area contributed by atoms with Gasteiger partial charge in [-0.15, -0.1) is 0 Å². The Bertz CT molecular complexity index is 372. The van der Waals surface area contributed by atoms with Gasteiger partial charge >= 0.3 is 0 Å². The minimum absolute atomic E-state index is 0.0410. The van der Waals surface area contributed by atoms with Crippen LogP contribution in [0.1, 0.15) is 19.8 Å². The summed E-state index contributed by atoms with van der Waals surface area (Å²) in [5, 5.41) is 7.49. The first kappa shape index (κ1) is 11.1. The molecule has 0 aliphatic carbocycles. The average Bonchev–Trinajstić information content (AvgIpc) is 2.68. The molecule has 1 unspecified atom stereocenters. The Morgan fingerprint density at radius 3 is 3.06 bits per heavy atom. The molecule has 1 saturated heterocycles. The molecule has 0 saturated carbocycles. The van der Waals surface area contributed by atoms with Gasteiger partial charge in [-0.1, -0.05) is 6.92 Å². The van der Waals surface area contributed by atoms with Gasteiger partial charge < -0.3 is 5.32 Å². The van der Waals surface area contributed by atoms with Gasteiger partial charge in [0.1, 0.15) is 0 Å². The molecule has 1 atom stereocenters. The predicted octanol–water partition coefficient (Wildman–Crippen LogP) is 0.525. The van der Waals surface area contributed by atoms with Gasteiger partial charge in [-0.2, -0.15) is 5.10 Å². The van der Waals surface area contributed by atoms with Gasteiger partial charge in [0.25, 0.3) is 0 Å². The van der Waals surface area contributed by atoms with Crippen LogP contribution in [-0.4, -0.2) is 34.8 Å². The van der Waals surface area contributed by atoms with E-state index in [1.54, 1.807) is 9.58 Å². The summed E-state index contributed by atoms with van der Waals surface area (Å²) in [5.41, 5.74) is 0. The zero-order chi connectivity index (χ0) is 11.5. The third-order valence-corrected chi connectivity index (χ3v) is 2.87. The Hall–Kier alpha value is -1.36. The molecule has 2 heterocycles. The summed E-state index contributed by atoms with van der Waals surface area (Å²) in [6.07, 6.45) is 3.81. The summed E-state index contributed by atoms with van der Waals surface area (Å²) >= 11 is 0. The van der Waals surface area contributed by atoms with Crippen molar-refractivity contribution in [3.63, 3.8) is 0 Å². The van der Waals surface area contributed by atoms with Crippen molar-refractivity contribution in [1.29, 1.82) is 0 Å². The minimum Gasteiger partial charge on any atom is -0.306 e. The Morgan fingerprint density at radius 2 is 2.44 bits per heavy atom. The summed E-state index contributed by atoms with van der Waals surface area (Å²) < 4.78 is 1.72. The Balaban J connectivity index is 2.12. The monoisotopic (exact) mass is 222 g/mol. The molecule has 1 fully saturated rings. The van der Waals surface area contributed by atoms with Crippen molar-refractivity contribution in [2.45, 2.75) is 25.8 Å². The van der Waals surface area contributed by atoms with E-state index in [0.717, 1.165) is 31.7 Å². The van der Waals surface area contributed by atoms with Crippen LogP contribution in [0, 0.1) is 0 Å². The topological polar surface area (TPSA) is 50.2 Å². The average molecular weight is 222 g/mol. The molecule has 1 aromatic heterocycles. The lowest BCUT2D eigenvalue weighted by Crippen LogP contribution is -2.51. The zero-order valence-electron chi connectivity index (χ0n) is 9.81. The number of aromatic nitrogens is 2. The minimum atomic E-state index is -0.0410. The normalized spacial score (nSPS) is 21.5. The number of nitrogens with one attached hydrogen (secondary N) is 1. The fourth-order valence-electron chi connectivity index (χ4n) is 2.09. The van der Waals surface area contributed by atoms with E-state index in [2.05, 4.69) is 10.4 Å². The van der Waals surface area contributed by atoms with Crippen molar-refractivity contribution in [3.8, 4) is 0 Å². The van der Waals surface area contributed by atoms with Crippen LogP contribution >= 0.6 is 0 Å². The van der Waals surface area contributed by atoms with Crippen molar-refractivity contribution in [1.82, 2.24) is 15.1 Å². The van der Waals surface area contributed by atoms with Crippen LogP contribution in [0.25, 0.3) is 0 Å². The smallest absolute Gasteiger partial charge is 0.245 e. The number of amides is 1. The molecule has 5 nitrogen and oxygen atoms in total. The standard InChI is InChI=1S/C11H18N4O/c1-3-12-9-5-4-7-15(11(9)16)10-6-8-14(2)13-10/h6,8-9,12H,3-5,7H2,1-2H3. The van der Waals surface area contributed by atoms with E-state index in [1.165, 1.54) is 0 Å². The molecule has 88 valence electrons. The summed E-state index contributed by atoms with van der Waals surface area (Å²) in [6.45, 7) is 3.62. The summed E-state index contributed by atoms with van der Waals surface area (Å²) in [6, 6.07) is 1.84. The maximum absolute atomic E-state index is 12.1. The number of rotatable bonds is 3. The highest BCUT2D eigenvalue weighted by Gasteiger charge is 2.29. The number of nitrogens with zero attached hydrogens (tertiary/aromatic N) is 3. The summed E-state index contributed by atoms with van der Waals surface area (Å²) in [5.74, 6) is 0.905. The van der Waals surface area contributed by atoms with Gasteiger partial charge in [-0.3, -0.25) is 14.4 Å². The van der Waals surface area contributed by atoms with E-state index in [0.29, 0.717) is 0 Å². The number of hydrogen-bond acceptors (Lipinski definition) is 3. The Kier molecular flexibility index (Phi) is 3.24. The maximum Gasteiger partial charge on any atom is 0.245 e. The highest BCUT2D eigenvalue weighted by Crippen LogP contribution is 2.18. The predicted molar refractivity (Wildman–Crippen MR) is 62.3 cm³/mol. The molecule has 0 bridgehead atoms. The molecule has 1 aliphatic rings. The second-order valence-electron chi connectivity index (χ2n) is 4.09. The zero-order valence-corrected chi connectivity index (χ0v) is 9.81. The fraction of sp³-hybridized carbons (Fsp3) is 0.636. The Morgan fingerprint density at radius 1 is 1.62 bits per heavy atom. The van der Waals surface area contributed by atoms with Gasteiger partial charge in [0.2, 0.25) is 5.91 Å². The van der Waals surface area contributed by atoms with E-state index in [-0.39, 0.29) is 11.9 Å². The van der Waals surface area contributed by atoms with Crippen LogP contribution in [-0.2, 0) is 11.8 Å². The first-order valence-corrected chi connectivity index (χ1v) is 5.76. The number of anilines is 1. The number of hydrogen-bond donors (Lipinski definition) is 1. The fourth-order valence-corrected chi connectivity index (χ4v) is 2.09. The number of carbonyl (C=O) groups excluding carboxylic acids is 1. The van der Waals surface area contributed by atoms with Gasteiger partial charge in [-0.05, 0) is 19.4 Å². The first-order chi connectivity index (χ1) is 7.72. The lowest BCUT2D eigenvalue weighted by Gasteiger charge is -2.31. The van der Waals surface area contributed by atoms with Crippen molar-refractivity contribution < 1.29 is 4.79 Å². The second kappa shape index (κ2) is 4.65. The molecule has 1 amide bonds. The van der Waals surface area contributed by atoms with E-state index in [9.17, 15) is 4.79 Å². The van der Waals surface area contributed by atoms with Crippen molar-refractivity contribution in [2.75, 3.05) is 18.0 Å². The number of carbonyl (C=O) groups is 1. The third-order valence-electron chi connectivity index (χ3n) is 2.87. The van der Waals surface area contributed by atoms with Gasteiger partial charge in [0.15, 0.2) is 5.82 Å². The summed E-state index contributed by atoms with van der Waals surface area (Å²) in [7, 11) is 1.86. The SMILES string of the molecule is CCNC1CCCN(c2ccn(C)n2)C1=O. The van der Waals surface area contributed by atoms with E-state index >= 15 is 0 Å². The molecule has 0 aromatic carbocycles. The summed E-state index contributed by atoms with van der Waals surface area (Å²) in [4.78, 5) is 13.9. The van der Waals surface area contributed by atoms with Crippen LogP contribution in [0.4, 0.5) is 5.82 Å². The highest BCUT2D eigenvalue weighted by molar-refractivity contribution is 5.97. The molecular formula is C11H18N4O. The number of likely N-dealkylation sites (N-methyl/N-ethyl adjacent to an activating group) is 1. The molecule has 0 radical (unpaired) electrons. The number of aryl methyl sites for hydroxylation is 1. The third kappa shape index (κ3) is 2.09. The van der Waals surface area contributed by atoms with Crippen molar-refractivity contribution in [3.05, 3.63) is 12.3 Å². The van der Waals surface area contributed by atoms with Crippen LogP contribution < -0.4 is 10.2 Å². The van der Waals surface area contributed by atoms with Crippen LogP contribution in [0.15, 0.2) is 12.3 Å². The maximum atomic E-state index is 12.1. The first-order valence-electron chi connectivity index (χ1n) is 5.76. The molecule has 2 rings (SSSR count). The molecule has 5 heteroatoms. The van der Waals surface area contributed by atoms with E-state index in [4.69, 9.17) is 0 Å². The molecule has 1 aliphatic heterocycles. The molecule has 1 aromatic rings. The van der Waals surface area contributed by atoms with Crippen LogP contribution in [0.5, 0.6) is 0 Å². The number of piperidine rings is 1. The van der Waals surface area contributed by atoms with Gasteiger partial charge in [-0.25, -0.2) is 0 Å². The molecular weight excluding hydrogens is 204 g/mol. The quantitative estimate of drug-likeness (QED) is 0.811. The largest absolute Gasteiger partial charge is 0.306 e. The lowest BCUT2D eigenvalue weighted by atomic mass is 10.0. The molecule has 1 N–H and O–H groups in total. The molecule has 16 heavy (non-hydrogen) atoms. The van der Waals surface area contributed by atoms with E-state index < -0.39 is 0 Å². The highest BCUT2D eigenvalue weighted by atomic mass is 16.2. The van der Waals surface area contributed by atoms with Crippen molar-refractivity contribution in [2.24, 2.45) is 7.05 Å². The van der Waals surface area contributed by atoms with E-state index in [1.807, 2.05) is 26.2 Å². The Labute approximate surface area is 95.4 Å². The van der Waals surface area contributed by atoms with Crippen LogP contribution in [0.2, 0.25) is 0 Å². The van der Waals surface area contributed by atoms with Crippen LogP contribution in [0.3, 0.4) is 0 Å². The van der Waals surface area contributed by atoms with Crippen molar-refractivity contribution >= 4 is 11.7 Å². The lowest BCUT2D eigenvalue weighted by molar-refractivity contribution is -0.121. The van der Waals surface area contributed by atoms with Gasteiger partial charge in [0, 0.05) is 25.9 Å².